The molecule has 2 nitrogen and oxygen atoms in total. The van der Waals surface area contributed by atoms with Crippen molar-refractivity contribution < 1.29 is 9.31 Å². The molecule has 1 aliphatic heterocycles. The Labute approximate surface area is 115 Å². The maximum absolute atomic E-state index is 6.14. The molecule has 1 saturated heterocycles. The van der Waals surface area contributed by atoms with E-state index >= 15 is 0 Å². The molecular formula is C16H20BO2. The standard InChI is InChI=1S/C16H20BO2/c1-14(2)12-9-10-15(14,3)13-16(12,19-17-18-13)11-7-5-4-6-8-11/h4-8,12-13H,9-10H2,1-3H3/t12-,13-,15-,16+/m0/s1. The highest BCUT2D eigenvalue weighted by atomic mass is 16.7. The first-order chi connectivity index (χ1) is 9.03. The number of rotatable bonds is 1. The lowest BCUT2D eigenvalue weighted by Crippen LogP contribution is -2.45. The highest BCUT2D eigenvalue weighted by molar-refractivity contribution is 6.19. The fourth-order valence-electron chi connectivity index (χ4n) is 5.08. The van der Waals surface area contributed by atoms with Crippen LogP contribution >= 0.6 is 0 Å². The second-order valence-electron chi connectivity index (χ2n) is 7.12. The Hall–Kier alpha value is -0.795. The monoisotopic (exact) mass is 255 g/mol. The van der Waals surface area contributed by atoms with Gasteiger partial charge in [-0.25, -0.2) is 0 Å². The molecule has 0 spiro atoms. The summed E-state index contributed by atoms with van der Waals surface area (Å²) in [6, 6.07) is 10.6. The van der Waals surface area contributed by atoms with Crippen LogP contribution in [0.2, 0.25) is 0 Å². The highest BCUT2D eigenvalue weighted by Crippen LogP contribution is 2.74. The molecule has 4 atom stereocenters. The van der Waals surface area contributed by atoms with Crippen molar-refractivity contribution in [3.63, 3.8) is 0 Å². The van der Waals surface area contributed by atoms with E-state index in [4.69, 9.17) is 9.31 Å². The average Bonchev–Trinajstić information content (AvgIpc) is 2.98. The molecule has 1 radical (unpaired) electrons. The summed E-state index contributed by atoms with van der Waals surface area (Å²) in [5.74, 6) is 0.524. The minimum Gasteiger partial charge on any atom is -0.406 e. The lowest BCUT2D eigenvalue weighted by atomic mass is 9.69. The predicted molar refractivity (Wildman–Crippen MR) is 74.4 cm³/mol. The molecule has 3 fully saturated rings. The van der Waals surface area contributed by atoms with Crippen LogP contribution in [0, 0.1) is 16.7 Å². The molecule has 1 heterocycles. The van der Waals surface area contributed by atoms with E-state index in [1.54, 1.807) is 7.69 Å². The van der Waals surface area contributed by atoms with Crippen LogP contribution in [0.1, 0.15) is 39.2 Å². The highest BCUT2D eigenvalue weighted by Gasteiger charge is 2.76. The van der Waals surface area contributed by atoms with Crippen molar-refractivity contribution in [3.05, 3.63) is 35.9 Å². The second kappa shape index (κ2) is 3.45. The Morgan fingerprint density at radius 3 is 2.63 bits per heavy atom. The molecule has 3 aliphatic rings. The molecule has 2 bridgehead atoms. The minimum absolute atomic E-state index is 0.149. The number of fused-ring (bicyclic) bond motifs is 5. The fourth-order valence-corrected chi connectivity index (χ4v) is 5.08. The van der Waals surface area contributed by atoms with Crippen LogP contribution in [0.25, 0.3) is 0 Å². The molecule has 1 aromatic carbocycles. The van der Waals surface area contributed by atoms with Crippen molar-refractivity contribution >= 4 is 7.69 Å². The summed E-state index contributed by atoms with van der Waals surface area (Å²) in [4.78, 5) is 0. The molecule has 3 heteroatoms. The van der Waals surface area contributed by atoms with E-state index in [1.807, 2.05) is 0 Å². The van der Waals surface area contributed by atoms with Gasteiger partial charge in [-0.2, -0.15) is 0 Å². The summed E-state index contributed by atoms with van der Waals surface area (Å²) in [7, 11) is 1.59. The Bertz CT molecular complexity index is 511. The molecule has 0 aromatic heterocycles. The van der Waals surface area contributed by atoms with E-state index in [9.17, 15) is 0 Å². The predicted octanol–water partition coefficient (Wildman–Crippen LogP) is 3.29. The van der Waals surface area contributed by atoms with Gasteiger partial charge in [0.2, 0.25) is 0 Å². The van der Waals surface area contributed by atoms with E-state index in [1.165, 1.54) is 18.4 Å². The molecule has 0 amide bonds. The largest absolute Gasteiger partial charge is 0.489 e. The smallest absolute Gasteiger partial charge is 0.406 e. The topological polar surface area (TPSA) is 18.5 Å². The SMILES string of the molecule is CC1(C)[C@@H]2CC[C@@]1(C)[C@@H]1O[B]O[C@@]12c1ccccc1. The average molecular weight is 255 g/mol. The molecule has 0 unspecified atom stereocenters. The van der Waals surface area contributed by atoms with Crippen molar-refractivity contribution in [3.8, 4) is 0 Å². The van der Waals surface area contributed by atoms with Gasteiger partial charge < -0.3 is 9.31 Å². The first-order valence-corrected chi connectivity index (χ1v) is 7.24. The summed E-state index contributed by atoms with van der Waals surface area (Å²) >= 11 is 0. The Balaban J connectivity index is 1.93. The molecule has 4 rings (SSSR count). The Morgan fingerprint density at radius 2 is 1.89 bits per heavy atom. The van der Waals surface area contributed by atoms with Crippen LogP contribution in [0.3, 0.4) is 0 Å². The van der Waals surface area contributed by atoms with Crippen LogP contribution in [-0.4, -0.2) is 13.8 Å². The van der Waals surface area contributed by atoms with E-state index < -0.39 is 0 Å². The normalized spacial score (nSPS) is 46.1. The van der Waals surface area contributed by atoms with Gasteiger partial charge in [-0.05, 0) is 29.7 Å². The van der Waals surface area contributed by atoms with Crippen molar-refractivity contribution in [2.75, 3.05) is 0 Å². The van der Waals surface area contributed by atoms with Crippen molar-refractivity contribution in [1.82, 2.24) is 0 Å². The molecule has 99 valence electrons. The summed E-state index contributed by atoms with van der Waals surface area (Å²) in [6.45, 7) is 7.16. The first-order valence-electron chi connectivity index (χ1n) is 7.24. The number of benzene rings is 1. The quantitative estimate of drug-likeness (QED) is 0.717. The third-order valence-corrected chi connectivity index (χ3v) is 6.44. The van der Waals surface area contributed by atoms with Gasteiger partial charge in [0, 0.05) is 5.41 Å². The zero-order chi connectivity index (χ0) is 13.3. The van der Waals surface area contributed by atoms with Crippen LogP contribution < -0.4 is 0 Å². The summed E-state index contributed by atoms with van der Waals surface area (Å²) < 4.78 is 12.1. The molecule has 2 saturated carbocycles. The summed E-state index contributed by atoms with van der Waals surface area (Å²) in [6.07, 6.45) is 2.61. The van der Waals surface area contributed by atoms with Crippen LogP contribution in [0.5, 0.6) is 0 Å². The zero-order valence-corrected chi connectivity index (χ0v) is 11.8. The zero-order valence-electron chi connectivity index (χ0n) is 11.8. The molecule has 0 N–H and O–H groups in total. The molecule has 1 aromatic rings. The minimum atomic E-state index is -0.266. The van der Waals surface area contributed by atoms with Gasteiger partial charge in [0.05, 0.1) is 6.10 Å². The first kappa shape index (κ1) is 12.0. The summed E-state index contributed by atoms with van der Waals surface area (Å²) in [5, 5.41) is 0. The van der Waals surface area contributed by atoms with Gasteiger partial charge in [0.25, 0.3) is 0 Å². The maximum atomic E-state index is 6.14. The van der Waals surface area contributed by atoms with E-state index in [0.29, 0.717) is 5.92 Å². The van der Waals surface area contributed by atoms with Crippen LogP contribution in [0.4, 0.5) is 0 Å². The van der Waals surface area contributed by atoms with Gasteiger partial charge in [-0.1, -0.05) is 51.1 Å². The van der Waals surface area contributed by atoms with Crippen LogP contribution in [-0.2, 0) is 14.9 Å². The Morgan fingerprint density at radius 1 is 1.16 bits per heavy atom. The van der Waals surface area contributed by atoms with Gasteiger partial charge >= 0.3 is 7.69 Å². The number of hydrogen-bond donors (Lipinski definition) is 0. The molecular weight excluding hydrogens is 235 g/mol. The van der Waals surface area contributed by atoms with Gasteiger partial charge in [0.15, 0.2) is 0 Å². The van der Waals surface area contributed by atoms with Gasteiger partial charge in [0.1, 0.15) is 5.60 Å². The van der Waals surface area contributed by atoms with E-state index in [0.717, 1.165) is 0 Å². The van der Waals surface area contributed by atoms with Crippen LogP contribution in [0.15, 0.2) is 30.3 Å². The van der Waals surface area contributed by atoms with E-state index in [-0.39, 0.29) is 22.5 Å². The van der Waals surface area contributed by atoms with Crippen molar-refractivity contribution in [2.45, 2.75) is 45.3 Å². The fraction of sp³-hybridized carbons (Fsp3) is 0.625. The summed E-state index contributed by atoms with van der Waals surface area (Å²) in [5.41, 5.74) is 1.45. The van der Waals surface area contributed by atoms with Crippen molar-refractivity contribution in [2.24, 2.45) is 16.7 Å². The van der Waals surface area contributed by atoms with E-state index in [2.05, 4.69) is 51.1 Å². The lowest BCUT2D eigenvalue weighted by Gasteiger charge is -2.41. The van der Waals surface area contributed by atoms with Crippen molar-refractivity contribution in [1.29, 1.82) is 0 Å². The lowest BCUT2D eigenvalue weighted by molar-refractivity contribution is -0.0368. The third-order valence-electron chi connectivity index (χ3n) is 6.44. The third kappa shape index (κ3) is 1.13. The number of hydrogen-bond acceptors (Lipinski definition) is 2. The molecule has 2 aliphatic carbocycles. The Kier molecular flexibility index (Phi) is 2.17. The second-order valence-corrected chi connectivity index (χ2v) is 7.12. The van der Waals surface area contributed by atoms with Gasteiger partial charge in [-0.15, -0.1) is 0 Å². The van der Waals surface area contributed by atoms with Gasteiger partial charge in [-0.3, -0.25) is 0 Å². The molecule has 19 heavy (non-hydrogen) atoms. The maximum Gasteiger partial charge on any atom is 0.489 e.